The average Bonchev–Trinajstić information content (AvgIpc) is 2.80. The van der Waals surface area contributed by atoms with E-state index in [1.807, 2.05) is 6.92 Å². The van der Waals surface area contributed by atoms with E-state index >= 15 is 0 Å². The van der Waals surface area contributed by atoms with E-state index < -0.39 is 0 Å². The van der Waals surface area contributed by atoms with Crippen molar-refractivity contribution in [1.29, 1.82) is 0 Å². The quantitative estimate of drug-likeness (QED) is 0.810. The topological polar surface area (TPSA) is 47.8 Å². The molecule has 0 spiro atoms. The first kappa shape index (κ1) is 13.1. The molecule has 0 amide bonds. The Hall–Kier alpha value is -1.39. The van der Waals surface area contributed by atoms with E-state index in [1.165, 1.54) is 6.20 Å². The second-order valence-electron chi connectivity index (χ2n) is 3.80. The minimum atomic E-state index is -0.221. The molecule has 2 aromatic rings. The summed E-state index contributed by atoms with van der Waals surface area (Å²) in [4.78, 5) is 12.3. The highest BCUT2D eigenvalue weighted by Crippen LogP contribution is 2.23. The number of nitrogens with zero attached hydrogens (tertiary/aromatic N) is 3. The van der Waals surface area contributed by atoms with Gasteiger partial charge in [0, 0.05) is 17.1 Å². The Morgan fingerprint density at radius 3 is 2.89 bits per heavy atom. The number of halogens is 2. The highest BCUT2D eigenvalue weighted by atomic mass is 35.5. The molecular weight excluding hydrogens is 273 g/mol. The van der Waals surface area contributed by atoms with Gasteiger partial charge in [0.15, 0.2) is 0 Å². The van der Waals surface area contributed by atoms with E-state index in [0.717, 1.165) is 6.42 Å². The number of ketones is 1. The Bertz CT molecular complexity index is 580. The summed E-state index contributed by atoms with van der Waals surface area (Å²) in [6.45, 7) is 2.64. The third-order valence-corrected chi connectivity index (χ3v) is 3.02. The fourth-order valence-electron chi connectivity index (χ4n) is 1.62. The molecule has 1 heterocycles. The molecule has 0 fully saturated rings. The lowest BCUT2D eigenvalue weighted by molar-refractivity contribution is 0.102. The van der Waals surface area contributed by atoms with Crippen molar-refractivity contribution < 1.29 is 4.79 Å². The maximum Gasteiger partial charge on any atom is 0.214 e. The second kappa shape index (κ2) is 5.50. The van der Waals surface area contributed by atoms with Gasteiger partial charge in [-0.1, -0.05) is 35.3 Å². The van der Waals surface area contributed by atoms with Crippen LogP contribution >= 0.6 is 23.2 Å². The summed E-state index contributed by atoms with van der Waals surface area (Å²) in [7, 11) is 0. The van der Waals surface area contributed by atoms with Gasteiger partial charge in [0.05, 0.1) is 11.2 Å². The molecule has 0 aliphatic carbocycles. The van der Waals surface area contributed by atoms with E-state index in [4.69, 9.17) is 23.2 Å². The molecular formula is C12H11Cl2N3O. The summed E-state index contributed by atoms with van der Waals surface area (Å²) in [5.41, 5.74) is 0.782. The number of carbonyl (C=O) groups excluding carboxylic acids is 1. The number of aryl methyl sites for hydroxylation is 1. The molecule has 0 aliphatic rings. The highest BCUT2D eigenvalue weighted by molar-refractivity contribution is 6.36. The van der Waals surface area contributed by atoms with Gasteiger partial charge in [-0.15, -0.1) is 5.10 Å². The first-order valence-electron chi connectivity index (χ1n) is 5.51. The maximum absolute atomic E-state index is 12.3. The van der Waals surface area contributed by atoms with Crippen LogP contribution in [-0.2, 0) is 6.54 Å². The SMILES string of the molecule is CCCn1nncc1C(=O)c1cc(Cl)ccc1Cl. The molecule has 0 saturated heterocycles. The van der Waals surface area contributed by atoms with Crippen LogP contribution in [0.2, 0.25) is 10.0 Å². The van der Waals surface area contributed by atoms with Crippen molar-refractivity contribution >= 4 is 29.0 Å². The Labute approximate surface area is 115 Å². The average molecular weight is 284 g/mol. The summed E-state index contributed by atoms with van der Waals surface area (Å²) in [5, 5.41) is 8.47. The van der Waals surface area contributed by atoms with Crippen molar-refractivity contribution in [3.05, 3.63) is 45.7 Å². The molecule has 2 rings (SSSR count). The van der Waals surface area contributed by atoms with Crippen LogP contribution in [0, 0.1) is 0 Å². The standard InChI is InChI=1S/C12H11Cl2N3O/c1-2-5-17-11(7-15-16-17)12(18)9-6-8(13)3-4-10(9)14/h3-4,6-7H,2,5H2,1H3. The molecule has 4 nitrogen and oxygen atoms in total. The Kier molecular flexibility index (Phi) is 3.99. The van der Waals surface area contributed by atoms with Crippen molar-refractivity contribution in [2.75, 3.05) is 0 Å². The monoisotopic (exact) mass is 283 g/mol. The first-order chi connectivity index (χ1) is 8.63. The highest BCUT2D eigenvalue weighted by Gasteiger charge is 2.18. The lowest BCUT2D eigenvalue weighted by Crippen LogP contribution is -2.12. The van der Waals surface area contributed by atoms with Crippen LogP contribution in [0.4, 0.5) is 0 Å². The second-order valence-corrected chi connectivity index (χ2v) is 4.64. The van der Waals surface area contributed by atoms with E-state index in [2.05, 4.69) is 10.3 Å². The van der Waals surface area contributed by atoms with Crippen LogP contribution in [0.25, 0.3) is 0 Å². The largest absolute Gasteiger partial charge is 0.287 e. The van der Waals surface area contributed by atoms with Crippen LogP contribution in [0.15, 0.2) is 24.4 Å². The number of hydrogen-bond donors (Lipinski definition) is 0. The minimum absolute atomic E-state index is 0.221. The predicted octanol–water partition coefficient (Wildman–Crippen LogP) is 3.23. The van der Waals surface area contributed by atoms with E-state index in [9.17, 15) is 4.79 Å². The molecule has 0 saturated carbocycles. The fourth-order valence-corrected chi connectivity index (χ4v) is 2.00. The number of hydrogen-bond acceptors (Lipinski definition) is 3. The predicted molar refractivity (Wildman–Crippen MR) is 70.2 cm³/mol. The van der Waals surface area contributed by atoms with Gasteiger partial charge in [-0.25, -0.2) is 4.68 Å². The zero-order valence-corrected chi connectivity index (χ0v) is 11.2. The van der Waals surface area contributed by atoms with Crippen molar-refractivity contribution in [2.24, 2.45) is 0 Å². The van der Waals surface area contributed by atoms with Gasteiger partial charge >= 0.3 is 0 Å². The summed E-state index contributed by atoms with van der Waals surface area (Å²) in [5.74, 6) is -0.221. The van der Waals surface area contributed by atoms with Crippen molar-refractivity contribution in [2.45, 2.75) is 19.9 Å². The van der Waals surface area contributed by atoms with Crippen molar-refractivity contribution in [3.63, 3.8) is 0 Å². The van der Waals surface area contributed by atoms with E-state index in [0.29, 0.717) is 27.8 Å². The van der Waals surface area contributed by atoms with Gasteiger partial charge in [-0.3, -0.25) is 4.79 Å². The van der Waals surface area contributed by atoms with Gasteiger partial charge < -0.3 is 0 Å². The van der Waals surface area contributed by atoms with E-state index in [1.54, 1.807) is 22.9 Å². The molecule has 0 unspecified atom stereocenters. The van der Waals surface area contributed by atoms with Crippen LogP contribution in [0.1, 0.15) is 29.4 Å². The summed E-state index contributed by atoms with van der Waals surface area (Å²) in [6.07, 6.45) is 2.31. The Balaban J connectivity index is 2.41. The Morgan fingerprint density at radius 2 is 2.17 bits per heavy atom. The molecule has 6 heteroatoms. The number of benzene rings is 1. The normalized spacial score (nSPS) is 10.6. The lowest BCUT2D eigenvalue weighted by atomic mass is 10.1. The zero-order chi connectivity index (χ0) is 13.1. The number of carbonyl (C=O) groups is 1. The zero-order valence-electron chi connectivity index (χ0n) is 9.73. The van der Waals surface area contributed by atoms with Gasteiger partial charge in [0.2, 0.25) is 5.78 Å². The van der Waals surface area contributed by atoms with Crippen LogP contribution < -0.4 is 0 Å². The summed E-state index contributed by atoms with van der Waals surface area (Å²) >= 11 is 11.9. The molecule has 0 aliphatic heterocycles. The van der Waals surface area contributed by atoms with Gasteiger partial charge in [-0.05, 0) is 24.6 Å². The third kappa shape index (κ3) is 2.54. The van der Waals surface area contributed by atoms with E-state index in [-0.39, 0.29) is 5.78 Å². The number of rotatable bonds is 4. The fraction of sp³-hybridized carbons (Fsp3) is 0.250. The molecule has 1 aromatic heterocycles. The summed E-state index contributed by atoms with van der Waals surface area (Å²) in [6, 6.07) is 4.79. The molecule has 0 radical (unpaired) electrons. The van der Waals surface area contributed by atoms with Crippen LogP contribution in [-0.4, -0.2) is 20.8 Å². The van der Waals surface area contributed by atoms with Gasteiger partial charge in [0.25, 0.3) is 0 Å². The number of aromatic nitrogens is 3. The molecule has 0 bridgehead atoms. The van der Waals surface area contributed by atoms with Gasteiger partial charge in [0.1, 0.15) is 5.69 Å². The first-order valence-corrected chi connectivity index (χ1v) is 6.27. The molecule has 0 N–H and O–H groups in total. The minimum Gasteiger partial charge on any atom is -0.287 e. The summed E-state index contributed by atoms with van der Waals surface area (Å²) < 4.78 is 1.57. The van der Waals surface area contributed by atoms with Crippen molar-refractivity contribution in [1.82, 2.24) is 15.0 Å². The lowest BCUT2D eigenvalue weighted by Gasteiger charge is -2.05. The molecule has 0 atom stereocenters. The Morgan fingerprint density at radius 1 is 1.39 bits per heavy atom. The maximum atomic E-state index is 12.3. The molecule has 94 valence electrons. The molecule has 18 heavy (non-hydrogen) atoms. The van der Waals surface area contributed by atoms with Crippen LogP contribution in [0.5, 0.6) is 0 Å². The van der Waals surface area contributed by atoms with Gasteiger partial charge in [-0.2, -0.15) is 0 Å². The smallest absolute Gasteiger partial charge is 0.214 e. The molecule has 1 aromatic carbocycles. The third-order valence-electron chi connectivity index (χ3n) is 2.46. The van der Waals surface area contributed by atoms with Crippen LogP contribution in [0.3, 0.4) is 0 Å². The van der Waals surface area contributed by atoms with Crippen molar-refractivity contribution in [3.8, 4) is 0 Å².